The van der Waals surface area contributed by atoms with E-state index in [-0.39, 0.29) is 18.0 Å². The number of amides is 1. The first-order chi connectivity index (χ1) is 14.3. The van der Waals surface area contributed by atoms with Gasteiger partial charge in [0.25, 0.3) is 10.2 Å². The van der Waals surface area contributed by atoms with Crippen LogP contribution in [0.25, 0.3) is 0 Å². The average molecular weight is 440 g/mol. The summed E-state index contributed by atoms with van der Waals surface area (Å²) in [4.78, 5) is 14.8. The summed E-state index contributed by atoms with van der Waals surface area (Å²) in [6.07, 6.45) is 9.71. The van der Waals surface area contributed by atoms with Crippen molar-refractivity contribution < 1.29 is 13.2 Å². The third-order valence-corrected chi connectivity index (χ3v) is 9.31. The zero-order chi connectivity index (χ0) is 21.8. The van der Waals surface area contributed by atoms with E-state index in [4.69, 9.17) is 0 Å². The highest BCUT2D eigenvalue weighted by atomic mass is 32.2. The molecule has 1 unspecified atom stereocenters. The van der Waals surface area contributed by atoms with Gasteiger partial charge in [-0.3, -0.25) is 9.69 Å². The molecule has 0 bridgehead atoms. The van der Waals surface area contributed by atoms with E-state index in [0.717, 1.165) is 44.9 Å². The Kier molecular flexibility index (Phi) is 7.77. The molecule has 0 aromatic heterocycles. The first-order valence-electron chi connectivity index (χ1n) is 11.5. The van der Waals surface area contributed by atoms with Crippen LogP contribution in [0.15, 0.2) is 0 Å². The summed E-state index contributed by atoms with van der Waals surface area (Å²) in [5.41, 5.74) is -0.739. The molecule has 9 heteroatoms. The van der Waals surface area contributed by atoms with Crippen molar-refractivity contribution in [2.45, 2.75) is 88.8 Å². The molecule has 3 fully saturated rings. The van der Waals surface area contributed by atoms with Crippen LogP contribution in [0.2, 0.25) is 0 Å². The van der Waals surface area contributed by atoms with Crippen molar-refractivity contribution in [3.05, 3.63) is 0 Å². The molecule has 2 aliphatic carbocycles. The predicted octanol–water partition coefficient (Wildman–Crippen LogP) is 1.84. The topological polar surface area (TPSA) is 96.7 Å². The summed E-state index contributed by atoms with van der Waals surface area (Å²) in [7, 11) is -1.76. The van der Waals surface area contributed by atoms with Crippen LogP contribution in [-0.4, -0.2) is 78.7 Å². The van der Waals surface area contributed by atoms with Gasteiger partial charge in [-0.1, -0.05) is 38.5 Å². The molecular weight excluding hydrogens is 402 g/mol. The number of hydrogen-bond donors (Lipinski definition) is 1. The Bertz CT molecular complexity index is 730. The average Bonchev–Trinajstić information content (AvgIpc) is 2.79. The van der Waals surface area contributed by atoms with Crippen LogP contribution in [0.4, 0.5) is 0 Å². The van der Waals surface area contributed by atoms with Gasteiger partial charge in [0.2, 0.25) is 5.91 Å². The van der Waals surface area contributed by atoms with Gasteiger partial charge in [0, 0.05) is 39.3 Å². The van der Waals surface area contributed by atoms with E-state index in [0.29, 0.717) is 39.0 Å². The quantitative estimate of drug-likeness (QED) is 0.681. The molecule has 3 aliphatic rings. The number of nitriles is 1. The van der Waals surface area contributed by atoms with Crippen molar-refractivity contribution in [3.8, 4) is 6.07 Å². The van der Waals surface area contributed by atoms with E-state index in [9.17, 15) is 18.5 Å². The Balaban J connectivity index is 1.54. The van der Waals surface area contributed by atoms with Crippen LogP contribution in [0.5, 0.6) is 0 Å². The zero-order valence-electron chi connectivity index (χ0n) is 18.5. The van der Waals surface area contributed by atoms with Gasteiger partial charge >= 0.3 is 0 Å². The molecule has 1 heterocycles. The van der Waals surface area contributed by atoms with Crippen LogP contribution < -0.4 is 5.32 Å². The highest BCUT2D eigenvalue weighted by Gasteiger charge is 2.38. The minimum atomic E-state index is -3.47. The molecule has 2 saturated carbocycles. The molecule has 170 valence electrons. The second-order valence-electron chi connectivity index (χ2n) is 9.17. The Hall–Kier alpha value is -1.21. The first-order valence-corrected chi connectivity index (χ1v) is 12.9. The number of carbonyl (C=O) groups is 1. The number of nitrogens with one attached hydrogen (secondary N) is 1. The molecule has 0 aromatic rings. The second-order valence-corrected chi connectivity index (χ2v) is 11.2. The van der Waals surface area contributed by atoms with Gasteiger partial charge < -0.3 is 5.32 Å². The summed E-state index contributed by atoms with van der Waals surface area (Å²) in [5.74, 6) is -0.130. The Labute approximate surface area is 181 Å². The number of carbonyl (C=O) groups excluding carboxylic acids is 1. The number of hydrogen-bond acceptors (Lipinski definition) is 5. The normalized spacial score (nSPS) is 25.5. The number of piperazine rings is 1. The zero-order valence-corrected chi connectivity index (χ0v) is 19.3. The summed E-state index contributed by atoms with van der Waals surface area (Å²) < 4.78 is 29.2. The molecule has 3 rings (SSSR count). The van der Waals surface area contributed by atoms with Gasteiger partial charge in [0.05, 0.1) is 12.1 Å². The lowest BCUT2D eigenvalue weighted by atomic mass is 9.82. The van der Waals surface area contributed by atoms with Gasteiger partial charge in [-0.15, -0.1) is 0 Å². The fourth-order valence-corrected chi connectivity index (χ4v) is 6.64. The minimum absolute atomic E-state index is 0.101. The molecule has 1 amide bonds. The Morgan fingerprint density at radius 1 is 1.07 bits per heavy atom. The predicted molar refractivity (Wildman–Crippen MR) is 116 cm³/mol. The molecule has 1 aliphatic heterocycles. The largest absolute Gasteiger partial charge is 0.336 e. The van der Waals surface area contributed by atoms with E-state index in [1.807, 2.05) is 11.8 Å². The summed E-state index contributed by atoms with van der Waals surface area (Å²) >= 11 is 0. The van der Waals surface area contributed by atoms with E-state index < -0.39 is 15.7 Å². The fraction of sp³-hybridized carbons (Fsp3) is 0.905. The van der Waals surface area contributed by atoms with Crippen molar-refractivity contribution in [3.63, 3.8) is 0 Å². The van der Waals surface area contributed by atoms with Crippen molar-refractivity contribution in [1.29, 1.82) is 5.26 Å². The van der Waals surface area contributed by atoms with Crippen molar-refractivity contribution in [2.24, 2.45) is 0 Å². The van der Waals surface area contributed by atoms with Crippen LogP contribution in [0.3, 0.4) is 0 Å². The van der Waals surface area contributed by atoms with Gasteiger partial charge in [-0.2, -0.15) is 22.3 Å². The molecule has 1 N–H and O–H groups in total. The molecule has 30 heavy (non-hydrogen) atoms. The van der Waals surface area contributed by atoms with E-state index in [2.05, 4.69) is 11.4 Å². The standard InChI is InChI=1S/C21H37N5O3S/c1-18(20(27)23-21(17-22)11-7-4-8-12-21)25-13-15-26(16-14-25)30(28,29)24(2)19-9-5-3-6-10-19/h18-19H,3-16H2,1-2H3,(H,23,27). The SMILES string of the molecule is CC(C(=O)NC1(C#N)CCCCC1)N1CCN(S(=O)(=O)N(C)C2CCCCC2)CC1. The van der Waals surface area contributed by atoms with Crippen molar-refractivity contribution in [1.82, 2.24) is 18.8 Å². The van der Waals surface area contributed by atoms with E-state index in [1.54, 1.807) is 15.7 Å². The monoisotopic (exact) mass is 439 g/mol. The smallest absolute Gasteiger partial charge is 0.282 e. The lowest BCUT2D eigenvalue weighted by molar-refractivity contribution is -0.128. The second kappa shape index (κ2) is 9.94. The van der Waals surface area contributed by atoms with Crippen LogP contribution >= 0.6 is 0 Å². The van der Waals surface area contributed by atoms with Gasteiger partial charge in [0.15, 0.2) is 0 Å². The van der Waals surface area contributed by atoms with Crippen molar-refractivity contribution >= 4 is 16.1 Å². The number of nitrogens with zero attached hydrogens (tertiary/aromatic N) is 4. The van der Waals surface area contributed by atoms with Crippen LogP contribution in [-0.2, 0) is 15.0 Å². The van der Waals surface area contributed by atoms with Gasteiger partial charge in [-0.05, 0) is 32.6 Å². The van der Waals surface area contributed by atoms with E-state index in [1.165, 1.54) is 6.42 Å². The maximum absolute atomic E-state index is 13.1. The maximum atomic E-state index is 13.1. The summed E-state index contributed by atoms with van der Waals surface area (Å²) in [6.45, 7) is 3.67. The molecule has 1 saturated heterocycles. The summed E-state index contributed by atoms with van der Waals surface area (Å²) in [6, 6.07) is 2.06. The van der Waals surface area contributed by atoms with Crippen molar-refractivity contribution in [2.75, 3.05) is 33.2 Å². The molecule has 0 aromatic carbocycles. The minimum Gasteiger partial charge on any atom is -0.336 e. The fourth-order valence-electron chi connectivity index (χ4n) is 5.06. The first kappa shape index (κ1) is 23.5. The highest BCUT2D eigenvalue weighted by molar-refractivity contribution is 7.86. The van der Waals surface area contributed by atoms with Crippen LogP contribution in [0.1, 0.15) is 71.1 Å². The highest BCUT2D eigenvalue weighted by Crippen LogP contribution is 2.28. The molecule has 0 spiro atoms. The Morgan fingerprint density at radius 2 is 1.63 bits per heavy atom. The third kappa shape index (κ3) is 5.16. The molecule has 1 atom stereocenters. The van der Waals surface area contributed by atoms with Crippen LogP contribution in [0, 0.1) is 11.3 Å². The van der Waals surface area contributed by atoms with Gasteiger partial charge in [0.1, 0.15) is 5.54 Å². The third-order valence-electron chi connectivity index (χ3n) is 7.26. The van der Waals surface area contributed by atoms with Gasteiger partial charge in [-0.25, -0.2) is 0 Å². The molecular formula is C21H37N5O3S. The number of rotatable bonds is 6. The summed E-state index contributed by atoms with van der Waals surface area (Å²) in [5, 5.41) is 12.6. The van der Waals surface area contributed by atoms with E-state index >= 15 is 0 Å². The lowest BCUT2D eigenvalue weighted by Gasteiger charge is -2.41. The molecule has 8 nitrogen and oxygen atoms in total. The molecule has 0 radical (unpaired) electrons. The Morgan fingerprint density at radius 3 is 2.20 bits per heavy atom. The lowest BCUT2D eigenvalue weighted by Crippen LogP contribution is -2.59. The maximum Gasteiger partial charge on any atom is 0.282 e.